The van der Waals surface area contributed by atoms with E-state index < -0.39 is 18.2 Å². The third kappa shape index (κ3) is 38.5. The largest absolute Gasteiger partial charge is 0.462 e. The van der Waals surface area contributed by atoms with Crippen molar-refractivity contribution in [3.8, 4) is 0 Å². The Kier molecular flexibility index (Phi) is 41.2. The van der Waals surface area contributed by atoms with Crippen molar-refractivity contribution in [3.05, 3.63) is 48.6 Å². The number of unbranched alkanes of at least 4 members (excludes halogenated alkanes) is 23. The average molecular weight is 772 g/mol. The van der Waals surface area contributed by atoms with E-state index in [0.29, 0.717) is 19.3 Å². The van der Waals surface area contributed by atoms with E-state index in [1.54, 1.807) is 0 Å². The molecule has 0 spiro atoms. The molecule has 3 N–H and O–H groups in total. The molecule has 0 aliphatic carbocycles. The van der Waals surface area contributed by atoms with E-state index in [9.17, 15) is 19.8 Å². The number of amides is 1. The minimum Gasteiger partial charge on any atom is -0.462 e. The Labute approximate surface area is 340 Å². The van der Waals surface area contributed by atoms with Crippen LogP contribution in [0.4, 0.5) is 0 Å². The zero-order valence-electron chi connectivity index (χ0n) is 36.3. The maximum Gasteiger partial charge on any atom is 0.306 e. The number of rotatable bonds is 41. The van der Waals surface area contributed by atoms with Gasteiger partial charge in [-0.3, -0.25) is 9.59 Å². The molecule has 0 aliphatic heterocycles. The molecule has 55 heavy (non-hydrogen) atoms. The maximum atomic E-state index is 13.1. The number of hydrogen-bond donors (Lipinski definition) is 3. The number of carbonyl (C=O) groups is 2. The SMILES string of the molecule is CC/C=C/C=C/C=C\CCCCCCCC(=O)OC(CCCCC/C=C\CCCC)CC(=O)NC(CO)C(O)CCCCCCCCCCCCCCCC. The number of carbonyl (C=O) groups excluding carboxylic acids is 2. The highest BCUT2D eigenvalue weighted by molar-refractivity contribution is 5.77. The van der Waals surface area contributed by atoms with Gasteiger partial charge < -0.3 is 20.3 Å². The van der Waals surface area contributed by atoms with E-state index in [1.165, 1.54) is 83.5 Å². The molecule has 0 bridgehead atoms. The Balaban J connectivity index is 4.53. The van der Waals surface area contributed by atoms with Crippen LogP contribution in [0.5, 0.6) is 0 Å². The summed E-state index contributed by atoms with van der Waals surface area (Å²) in [7, 11) is 0. The van der Waals surface area contributed by atoms with Crippen molar-refractivity contribution in [1.82, 2.24) is 5.32 Å². The number of allylic oxidation sites excluding steroid dienone is 8. The second kappa shape index (κ2) is 43.0. The van der Waals surface area contributed by atoms with Crippen LogP contribution in [0.2, 0.25) is 0 Å². The molecule has 0 aromatic rings. The monoisotopic (exact) mass is 772 g/mol. The topological polar surface area (TPSA) is 95.9 Å². The molecular formula is C49H89NO5. The van der Waals surface area contributed by atoms with Crippen LogP contribution in [0.25, 0.3) is 0 Å². The van der Waals surface area contributed by atoms with E-state index in [2.05, 4.69) is 74.7 Å². The number of aliphatic hydroxyl groups is 2. The molecule has 0 rings (SSSR count). The first kappa shape index (κ1) is 52.8. The Bertz CT molecular complexity index is 957. The second-order valence-corrected chi connectivity index (χ2v) is 15.8. The van der Waals surface area contributed by atoms with Gasteiger partial charge in [-0.25, -0.2) is 0 Å². The Morgan fingerprint density at radius 1 is 0.545 bits per heavy atom. The van der Waals surface area contributed by atoms with Crippen LogP contribution >= 0.6 is 0 Å². The minimum atomic E-state index is -0.793. The standard InChI is InChI=1S/C49H89NO5/c1-4-7-10-13-16-19-21-23-25-26-29-32-35-38-41-47(52)46(44-51)50-48(53)43-45(40-37-34-31-28-18-15-12-9-6-3)55-49(54)42-39-36-33-30-27-24-22-20-17-14-11-8-5-2/h8,11,14-15,17-18,20,22,45-47,51-52H,4-7,9-10,12-13,16,19,21,23-44H2,1-3H3,(H,50,53)/b11-8+,17-14+,18-15-,22-20-. The lowest BCUT2D eigenvalue weighted by molar-refractivity contribution is -0.151. The van der Waals surface area contributed by atoms with E-state index in [4.69, 9.17) is 4.74 Å². The zero-order chi connectivity index (χ0) is 40.3. The summed E-state index contributed by atoms with van der Waals surface area (Å²) >= 11 is 0. The van der Waals surface area contributed by atoms with Crippen molar-refractivity contribution in [2.45, 2.75) is 244 Å². The van der Waals surface area contributed by atoms with Crippen molar-refractivity contribution in [2.75, 3.05) is 6.61 Å². The number of ether oxygens (including phenoxy) is 1. The smallest absolute Gasteiger partial charge is 0.306 e. The van der Waals surface area contributed by atoms with Crippen LogP contribution in [0.1, 0.15) is 226 Å². The highest BCUT2D eigenvalue weighted by Gasteiger charge is 2.24. The van der Waals surface area contributed by atoms with E-state index in [-0.39, 0.29) is 24.9 Å². The Morgan fingerprint density at radius 3 is 1.60 bits per heavy atom. The maximum absolute atomic E-state index is 13.1. The number of hydrogen-bond acceptors (Lipinski definition) is 5. The second-order valence-electron chi connectivity index (χ2n) is 15.8. The summed E-state index contributed by atoms with van der Waals surface area (Å²) in [5, 5.41) is 23.7. The van der Waals surface area contributed by atoms with Crippen molar-refractivity contribution < 1.29 is 24.5 Å². The van der Waals surface area contributed by atoms with Gasteiger partial charge in [0.05, 0.1) is 25.2 Å². The predicted octanol–water partition coefficient (Wildman–Crippen LogP) is 13.5. The lowest BCUT2D eigenvalue weighted by atomic mass is 10.0. The summed E-state index contributed by atoms with van der Waals surface area (Å²) in [6.07, 6.45) is 50.3. The lowest BCUT2D eigenvalue weighted by Gasteiger charge is -2.24. The quantitative estimate of drug-likeness (QED) is 0.0249. The first-order valence-electron chi connectivity index (χ1n) is 23.4. The molecule has 0 fully saturated rings. The van der Waals surface area contributed by atoms with E-state index in [1.807, 2.05) is 0 Å². The van der Waals surface area contributed by atoms with Crippen LogP contribution in [0.15, 0.2) is 48.6 Å². The van der Waals surface area contributed by atoms with Crippen LogP contribution in [0.3, 0.4) is 0 Å². The lowest BCUT2D eigenvalue weighted by Crippen LogP contribution is -2.46. The fourth-order valence-corrected chi connectivity index (χ4v) is 6.88. The van der Waals surface area contributed by atoms with Gasteiger partial charge in [0.2, 0.25) is 5.91 Å². The number of nitrogens with one attached hydrogen (secondary N) is 1. The van der Waals surface area contributed by atoms with Crippen LogP contribution in [-0.2, 0) is 14.3 Å². The van der Waals surface area contributed by atoms with Gasteiger partial charge in [0, 0.05) is 6.42 Å². The van der Waals surface area contributed by atoms with Gasteiger partial charge in [-0.2, -0.15) is 0 Å². The Hall–Kier alpha value is -2.18. The first-order chi connectivity index (χ1) is 27.0. The van der Waals surface area contributed by atoms with Gasteiger partial charge >= 0.3 is 5.97 Å². The highest BCUT2D eigenvalue weighted by atomic mass is 16.5. The molecule has 0 aromatic heterocycles. The van der Waals surface area contributed by atoms with Crippen LogP contribution in [-0.4, -0.2) is 46.9 Å². The minimum absolute atomic E-state index is 0.0579. The van der Waals surface area contributed by atoms with Crippen molar-refractivity contribution in [2.24, 2.45) is 0 Å². The van der Waals surface area contributed by atoms with Crippen LogP contribution in [0, 0.1) is 0 Å². The summed E-state index contributed by atoms with van der Waals surface area (Å²) in [6.45, 7) is 6.29. The molecule has 320 valence electrons. The fraction of sp³-hybridized carbons (Fsp3) is 0.796. The fourth-order valence-electron chi connectivity index (χ4n) is 6.88. The molecule has 3 unspecified atom stereocenters. The molecule has 0 heterocycles. The molecule has 0 aliphatic rings. The third-order valence-corrected chi connectivity index (χ3v) is 10.5. The normalized spacial score (nSPS) is 13.8. The summed E-state index contributed by atoms with van der Waals surface area (Å²) in [5.74, 6) is -0.516. The first-order valence-corrected chi connectivity index (χ1v) is 23.4. The highest BCUT2D eigenvalue weighted by Crippen LogP contribution is 2.17. The molecule has 0 saturated heterocycles. The summed E-state index contributed by atoms with van der Waals surface area (Å²) < 4.78 is 5.87. The molecular weight excluding hydrogens is 683 g/mol. The number of aliphatic hydroxyl groups excluding tert-OH is 2. The molecule has 3 atom stereocenters. The predicted molar refractivity (Wildman–Crippen MR) is 236 cm³/mol. The van der Waals surface area contributed by atoms with Crippen LogP contribution < -0.4 is 5.32 Å². The summed E-state index contributed by atoms with van der Waals surface area (Å²) in [6, 6.07) is -0.708. The third-order valence-electron chi connectivity index (χ3n) is 10.5. The number of esters is 1. The van der Waals surface area contributed by atoms with Gasteiger partial charge in [0.25, 0.3) is 0 Å². The summed E-state index contributed by atoms with van der Waals surface area (Å²) in [5.41, 5.74) is 0. The van der Waals surface area contributed by atoms with Gasteiger partial charge in [0.1, 0.15) is 6.10 Å². The molecule has 6 nitrogen and oxygen atoms in total. The average Bonchev–Trinajstić information content (AvgIpc) is 3.18. The zero-order valence-corrected chi connectivity index (χ0v) is 36.3. The molecule has 0 saturated carbocycles. The van der Waals surface area contributed by atoms with Gasteiger partial charge in [-0.1, -0.05) is 198 Å². The van der Waals surface area contributed by atoms with Gasteiger partial charge in [-0.15, -0.1) is 0 Å². The van der Waals surface area contributed by atoms with Gasteiger partial charge in [-0.05, 0) is 64.2 Å². The van der Waals surface area contributed by atoms with E-state index >= 15 is 0 Å². The van der Waals surface area contributed by atoms with Crippen molar-refractivity contribution in [1.29, 1.82) is 0 Å². The van der Waals surface area contributed by atoms with Gasteiger partial charge in [0.15, 0.2) is 0 Å². The molecule has 0 radical (unpaired) electrons. The van der Waals surface area contributed by atoms with E-state index in [0.717, 1.165) is 96.3 Å². The molecule has 0 aromatic carbocycles. The Morgan fingerprint density at radius 2 is 1.02 bits per heavy atom. The molecule has 1 amide bonds. The van der Waals surface area contributed by atoms with Crippen molar-refractivity contribution in [3.63, 3.8) is 0 Å². The van der Waals surface area contributed by atoms with Crippen molar-refractivity contribution >= 4 is 11.9 Å². The molecule has 6 heteroatoms. The summed E-state index contributed by atoms with van der Waals surface area (Å²) in [4.78, 5) is 25.9.